The molecule has 0 aliphatic heterocycles. The van der Waals surface area contributed by atoms with Crippen molar-refractivity contribution in [3.8, 4) is 6.07 Å². The Labute approximate surface area is 92.6 Å². The highest BCUT2D eigenvalue weighted by atomic mass is 19.1. The van der Waals surface area contributed by atoms with Gasteiger partial charge in [0, 0.05) is 6.61 Å². The average Bonchev–Trinajstić information content (AvgIpc) is 2.27. The molecular weight excluding hydrogens is 211 g/mol. The van der Waals surface area contributed by atoms with Crippen LogP contribution in [0.25, 0.3) is 0 Å². The molecule has 0 spiro atoms. The van der Waals surface area contributed by atoms with Crippen molar-refractivity contribution in [2.75, 3.05) is 18.5 Å². The molecule has 0 bridgehead atoms. The smallest absolute Gasteiger partial charge is 0.250 e. The van der Waals surface area contributed by atoms with Gasteiger partial charge in [-0.25, -0.2) is 4.39 Å². The molecule has 1 N–H and O–H groups in total. The number of hydrogen-bond acceptors (Lipinski definition) is 3. The molecule has 16 heavy (non-hydrogen) atoms. The van der Waals surface area contributed by atoms with Gasteiger partial charge in [-0.05, 0) is 19.1 Å². The third kappa shape index (κ3) is 3.04. The number of hydrogen-bond donors (Lipinski definition) is 1. The Balaban J connectivity index is 2.78. The number of nitrogens with one attached hydrogen (secondary N) is 1. The van der Waals surface area contributed by atoms with Crippen molar-refractivity contribution < 1.29 is 13.9 Å². The van der Waals surface area contributed by atoms with Crippen molar-refractivity contribution in [1.29, 1.82) is 5.26 Å². The van der Waals surface area contributed by atoms with Crippen LogP contribution in [0.15, 0.2) is 18.2 Å². The molecule has 0 fully saturated rings. The number of nitriles is 1. The van der Waals surface area contributed by atoms with E-state index in [2.05, 4.69) is 5.32 Å². The maximum Gasteiger partial charge on any atom is 0.250 e. The Morgan fingerprint density at radius 1 is 1.62 bits per heavy atom. The van der Waals surface area contributed by atoms with Crippen LogP contribution in [0, 0.1) is 17.1 Å². The lowest BCUT2D eigenvalue weighted by Gasteiger charge is -2.07. The minimum absolute atomic E-state index is 0.113. The molecule has 84 valence electrons. The second kappa shape index (κ2) is 5.83. The van der Waals surface area contributed by atoms with Gasteiger partial charge in [0.15, 0.2) is 0 Å². The molecule has 0 atom stereocenters. The molecule has 0 aromatic heterocycles. The largest absolute Gasteiger partial charge is 0.372 e. The number of amides is 1. The van der Waals surface area contributed by atoms with E-state index >= 15 is 0 Å². The Kier molecular flexibility index (Phi) is 4.42. The molecule has 0 aliphatic carbocycles. The summed E-state index contributed by atoms with van der Waals surface area (Å²) in [6.07, 6.45) is 0. The summed E-state index contributed by atoms with van der Waals surface area (Å²) >= 11 is 0. The highest BCUT2D eigenvalue weighted by Crippen LogP contribution is 2.17. The van der Waals surface area contributed by atoms with E-state index in [-0.39, 0.29) is 17.9 Å². The number of carbonyl (C=O) groups excluding carboxylic acids is 1. The zero-order valence-electron chi connectivity index (χ0n) is 8.79. The van der Waals surface area contributed by atoms with E-state index in [4.69, 9.17) is 10.00 Å². The fourth-order valence-corrected chi connectivity index (χ4v) is 1.12. The van der Waals surface area contributed by atoms with Gasteiger partial charge in [0.05, 0.1) is 5.69 Å². The molecule has 0 heterocycles. The molecule has 0 saturated heterocycles. The van der Waals surface area contributed by atoms with Crippen LogP contribution in [0.4, 0.5) is 10.1 Å². The summed E-state index contributed by atoms with van der Waals surface area (Å²) < 4.78 is 18.0. The number of ether oxygens (including phenoxy) is 1. The van der Waals surface area contributed by atoms with Gasteiger partial charge in [-0.15, -0.1) is 0 Å². The zero-order chi connectivity index (χ0) is 12.0. The summed E-state index contributed by atoms with van der Waals surface area (Å²) in [5, 5.41) is 11.1. The maximum atomic E-state index is 13.1. The van der Waals surface area contributed by atoms with Crippen molar-refractivity contribution in [3.63, 3.8) is 0 Å². The minimum atomic E-state index is -0.656. The highest BCUT2D eigenvalue weighted by molar-refractivity contribution is 5.93. The normalized spacial score (nSPS) is 9.56. The second-order valence-corrected chi connectivity index (χ2v) is 2.96. The van der Waals surface area contributed by atoms with Gasteiger partial charge in [0.1, 0.15) is 24.1 Å². The summed E-state index contributed by atoms with van der Waals surface area (Å²) in [5.41, 5.74) is -0.0143. The van der Waals surface area contributed by atoms with Crippen molar-refractivity contribution >= 4 is 11.6 Å². The van der Waals surface area contributed by atoms with Gasteiger partial charge in [-0.1, -0.05) is 6.07 Å². The number of anilines is 1. The standard InChI is InChI=1S/C11H11FN2O2/c1-2-16-7-11(15)14-10-5-3-4-9(12)8(10)6-13/h3-5H,2,7H2,1H3,(H,14,15). The first-order valence-corrected chi connectivity index (χ1v) is 4.75. The monoisotopic (exact) mass is 222 g/mol. The minimum Gasteiger partial charge on any atom is -0.372 e. The molecule has 1 rings (SSSR count). The van der Waals surface area contributed by atoms with Crippen LogP contribution in [0.5, 0.6) is 0 Å². The molecule has 4 nitrogen and oxygen atoms in total. The Bertz CT molecular complexity index is 426. The summed E-state index contributed by atoms with van der Waals surface area (Å²) in [5.74, 6) is -1.07. The van der Waals surface area contributed by atoms with E-state index < -0.39 is 11.7 Å². The van der Waals surface area contributed by atoms with Gasteiger partial charge in [0.25, 0.3) is 0 Å². The second-order valence-electron chi connectivity index (χ2n) is 2.96. The summed E-state index contributed by atoms with van der Waals surface area (Å²) in [4.78, 5) is 11.3. The topological polar surface area (TPSA) is 62.1 Å². The van der Waals surface area contributed by atoms with Gasteiger partial charge in [0.2, 0.25) is 5.91 Å². The lowest BCUT2D eigenvalue weighted by Crippen LogP contribution is -2.19. The van der Waals surface area contributed by atoms with E-state index in [9.17, 15) is 9.18 Å². The van der Waals surface area contributed by atoms with Crippen LogP contribution in [0.2, 0.25) is 0 Å². The van der Waals surface area contributed by atoms with Crippen LogP contribution in [-0.4, -0.2) is 19.1 Å². The van der Waals surface area contributed by atoms with Gasteiger partial charge < -0.3 is 10.1 Å². The molecule has 1 aromatic carbocycles. The summed E-state index contributed by atoms with van der Waals surface area (Å²) in [6.45, 7) is 2.07. The van der Waals surface area contributed by atoms with Crippen LogP contribution < -0.4 is 5.32 Å². The first kappa shape index (κ1) is 12.1. The van der Waals surface area contributed by atoms with Crippen molar-refractivity contribution in [2.24, 2.45) is 0 Å². The van der Waals surface area contributed by atoms with Crippen LogP contribution in [0.3, 0.4) is 0 Å². The number of nitrogens with zero attached hydrogens (tertiary/aromatic N) is 1. The van der Waals surface area contributed by atoms with Crippen LogP contribution in [-0.2, 0) is 9.53 Å². The number of rotatable bonds is 4. The number of carbonyl (C=O) groups is 1. The average molecular weight is 222 g/mol. The summed E-state index contributed by atoms with van der Waals surface area (Å²) in [6, 6.07) is 5.75. The predicted octanol–water partition coefficient (Wildman–Crippen LogP) is 1.67. The fraction of sp³-hybridized carbons (Fsp3) is 0.273. The number of benzene rings is 1. The van der Waals surface area contributed by atoms with Crippen LogP contribution in [0.1, 0.15) is 12.5 Å². The van der Waals surface area contributed by atoms with Crippen molar-refractivity contribution in [2.45, 2.75) is 6.92 Å². The number of halogens is 1. The summed E-state index contributed by atoms with van der Waals surface area (Å²) in [7, 11) is 0. The van der Waals surface area contributed by atoms with Crippen molar-refractivity contribution in [3.05, 3.63) is 29.6 Å². The SMILES string of the molecule is CCOCC(=O)Nc1cccc(F)c1C#N. The predicted molar refractivity (Wildman–Crippen MR) is 56.2 cm³/mol. The van der Waals surface area contributed by atoms with E-state index in [0.717, 1.165) is 6.07 Å². The van der Waals surface area contributed by atoms with E-state index in [1.54, 1.807) is 13.0 Å². The highest BCUT2D eigenvalue weighted by Gasteiger charge is 2.10. The zero-order valence-corrected chi connectivity index (χ0v) is 8.79. The van der Waals surface area contributed by atoms with E-state index in [0.29, 0.717) is 6.61 Å². The molecule has 5 heteroatoms. The molecule has 0 saturated carbocycles. The Morgan fingerprint density at radius 2 is 2.38 bits per heavy atom. The molecule has 0 radical (unpaired) electrons. The van der Waals surface area contributed by atoms with Crippen LogP contribution >= 0.6 is 0 Å². The molecule has 0 aliphatic rings. The van der Waals surface area contributed by atoms with Gasteiger partial charge in [-0.2, -0.15) is 5.26 Å². The van der Waals surface area contributed by atoms with E-state index in [1.807, 2.05) is 0 Å². The Hall–Kier alpha value is -1.93. The maximum absolute atomic E-state index is 13.1. The first-order chi connectivity index (χ1) is 7.69. The molecule has 0 unspecified atom stereocenters. The lowest BCUT2D eigenvalue weighted by atomic mass is 10.2. The first-order valence-electron chi connectivity index (χ1n) is 4.75. The quantitative estimate of drug-likeness (QED) is 0.842. The third-order valence-electron chi connectivity index (χ3n) is 1.84. The van der Waals surface area contributed by atoms with Gasteiger partial charge >= 0.3 is 0 Å². The van der Waals surface area contributed by atoms with E-state index in [1.165, 1.54) is 12.1 Å². The third-order valence-corrected chi connectivity index (χ3v) is 1.84. The van der Waals surface area contributed by atoms with Gasteiger partial charge in [-0.3, -0.25) is 4.79 Å². The molecule has 1 aromatic rings. The van der Waals surface area contributed by atoms with Crippen molar-refractivity contribution in [1.82, 2.24) is 0 Å². The Morgan fingerprint density at radius 3 is 3.00 bits per heavy atom. The molecular formula is C11H11FN2O2. The fourth-order valence-electron chi connectivity index (χ4n) is 1.12. The molecule has 1 amide bonds. The lowest BCUT2D eigenvalue weighted by molar-refractivity contribution is -0.120.